The van der Waals surface area contributed by atoms with Crippen molar-refractivity contribution in [2.45, 2.75) is 52.5 Å². The van der Waals surface area contributed by atoms with Gasteiger partial charge in [0, 0.05) is 6.04 Å². The van der Waals surface area contributed by atoms with E-state index in [1.807, 2.05) is 0 Å². The van der Waals surface area contributed by atoms with Gasteiger partial charge in [0.05, 0.1) is 0 Å². The van der Waals surface area contributed by atoms with Crippen molar-refractivity contribution in [2.75, 3.05) is 6.54 Å². The number of fused-ring (bicyclic) bond motifs is 3. The molecule has 0 aromatic heterocycles. The Morgan fingerprint density at radius 2 is 1.95 bits per heavy atom. The molecule has 2 aromatic rings. The first kappa shape index (κ1) is 14.6. The van der Waals surface area contributed by atoms with E-state index in [-0.39, 0.29) is 0 Å². The molecule has 3 rings (SSSR count). The number of hydrogen-bond donors (Lipinski definition) is 1. The second-order valence-electron chi connectivity index (χ2n) is 6.69. The highest BCUT2D eigenvalue weighted by atomic mass is 14.9. The summed E-state index contributed by atoms with van der Waals surface area (Å²) in [5.41, 5.74) is 4.57. The molecular formula is C20H27N. The summed E-state index contributed by atoms with van der Waals surface area (Å²) in [5, 5.41) is 6.70. The predicted molar refractivity (Wildman–Crippen MR) is 91.8 cm³/mol. The maximum atomic E-state index is 3.79. The summed E-state index contributed by atoms with van der Waals surface area (Å²) in [5.74, 6) is 0.797. The molecule has 1 heteroatoms. The van der Waals surface area contributed by atoms with Gasteiger partial charge in [0.1, 0.15) is 0 Å². The Balaban J connectivity index is 2.14. The van der Waals surface area contributed by atoms with Gasteiger partial charge in [-0.25, -0.2) is 0 Å². The molecule has 112 valence electrons. The smallest absolute Gasteiger partial charge is 0.0325 e. The van der Waals surface area contributed by atoms with Crippen LogP contribution >= 0.6 is 0 Å². The number of rotatable bonds is 3. The third kappa shape index (κ3) is 2.85. The van der Waals surface area contributed by atoms with Crippen molar-refractivity contribution < 1.29 is 0 Å². The summed E-state index contributed by atoms with van der Waals surface area (Å²) in [4.78, 5) is 0. The maximum absolute atomic E-state index is 3.79. The van der Waals surface area contributed by atoms with Crippen LogP contribution in [0.25, 0.3) is 10.8 Å². The van der Waals surface area contributed by atoms with E-state index in [0.717, 1.165) is 12.5 Å². The summed E-state index contributed by atoms with van der Waals surface area (Å²) in [6, 6.07) is 11.9. The molecule has 0 radical (unpaired) electrons. The molecule has 0 fully saturated rings. The minimum Gasteiger partial charge on any atom is -0.310 e. The lowest BCUT2D eigenvalue weighted by Gasteiger charge is -2.22. The summed E-state index contributed by atoms with van der Waals surface area (Å²) in [7, 11) is 0. The van der Waals surface area contributed by atoms with Crippen LogP contribution in [0.4, 0.5) is 0 Å². The fraction of sp³-hybridized carbons (Fsp3) is 0.500. The SMILES string of the molecule is CCCNC1CC(C)CCc2c1cc(C)c1ccccc21. The molecule has 21 heavy (non-hydrogen) atoms. The third-order valence-corrected chi connectivity index (χ3v) is 4.94. The van der Waals surface area contributed by atoms with E-state index in [9.17, 15) is 0 Å². The Hall–Kier alpha value is -1.34. The van der Waals surface area contributed by atoms with E-state index in [0.29, 0.717) is 6.04 Å². The Morgan fingerprint density at radius 1 is 1.19 bits per heavy atom. The van der Waals surface area contributed by atoms with E-state index in [1.165, 1.54) is 42.0 Å². The molecule has 0 bridgehead atoms. The first-order valence-electron chi connectivity index (χ1n) is 8.45. The van der Waals surface area contributed by atoms with Crippen molar-refractivity contribution in [3.63, 3.8) is 0 Å². The van der Waals surface area contributed by atoms with E-state index in [2.05, 4.69) is 56.4 Å². The van der Waals surface area contributed by atoms with Crippen LogP contribution in [0.5, 0.6) is 0 Å². The van der Waals surface area contributed by atoms with Crippen molar-refractivity contribution in [3.05, 3.63) is 47.0 Å². The van der Waals surface area contributed by atoms with Crippen molar-refractivity contribution in [1.29, 1.82) is 0 Å². The normalized spacial score (nSPS) is 22.0. The van der Waals surface area contributed by atoms with Crippen molar-refractivity contribution in [3.8, 4) is 0 Å². The Labute approximate surface area is 128 Å². The first-order chi connectivity index (χ1) is 10.2. The summed E-state index contributed by atoms with van der Waals surface area (Å²) in [6.07, 6.45) is 5.00. The van der Waals surface area contributed by atoms with Crippen LogP contribution in [-0.2, 0) is 6.42 Å². The van der Waals surface area contributed by atoms with E-state index < -0.39 is 0 Å². The number of hydrogen-bond acceptors (Lipinski definition) is 1. The van der Waals surface area contributed by atoms with E-state index in [4.69, 9.17) is 0 Å². The second-order valence-corrected chi connectivity index (χ2v) is 6.69. The number of aryl methyl sites for hydroxylation is 2. The Bertz CT molecular complexity index is 629. The molecule has 1 nitrogen and oxygen atoms in total. The minimum atomic E-state index is 0.528. The molecule has 2 unspecified atom stereocenters. The topological polar surface area (TPSA) is 12.0 Å². The van der Waals surface area contributed by atoms with Gasteiger partial charge in [-0.1, -0.05) is 44.2 Å². The molecule has 1 aliphatic rings. The van der Waals surface area contributed by atoms with Gasteiger partial charge in [-0.05, 0) is 72.5 Å². The zero-order chi connectivity index (χ0) is 14.8. The van der Waals surface area contributed by atoms with Gasteiger partial charge in [0.15, 0.2) is 0 Å². The highest BCUT2D eigenvalue weighted by Crippen LogP contribution is 2.37. The molecule has 0 saturated heterocycles. The largest absolute Gasteiger partial charge is 0.310 e. The van der Waals surface area contributed by atoms with Gasteiger partial charge < -0.3 is 5.32 Å². The number of nitrogens with one attached hydrogen (secondary N) is 1. The van der Waals surface area contributed by atoms with Gasteiger partial charge in [0.2, 0.25) is 0 Å². The fourth-order valence-corrected chi connectivity index (χ4v) is 3.78. The van der Waals surface area contributed by atoms with Crippen LogP contribution in [0.3, 0.4) is 0 Å². The molecule has 0 saturated carbocycles. The van der Waals surface area contributed by atoms with Crippen molar-refractivity contribution >= 4 is 10.8 Å². The summed E-state index contributed by atoms with van der Waals surface area (Å²) in [6.45, 7) is 8.03. The highest BCUT2D eigenvalue weighted by molar-refractivity contribution is 5.89. The van der Waals surface area contributed by atoms with Gasteiger partial charge in [-0.3, -0.25) is 0 Å². The lowest BCUT2D eigenvalue weighted by Crippen LogP contribution is -2.23. The van der Waals surface area contributed by atoms with Crippen LogP contribution in [0.2, 0.25) is 0 Å². The van der Waals surface area contributed by atoms with Crippen LogP contribution in [0, 0.1) is 12.8 Å². The molecule has 2 atom stereocenters. The molecule has 1 aliphatic carbocycles. The zero-order valence-electron chi connectivity index (χ0n) is 13.6. The van der Waals surface area contributed by atoms with E-state index >= 15 is 0 Å². The summed E-state index contributed by atoms with van der Waals surface area (Å²) >= 11 is 0. The molecule has 0 aliphatic heterocycles. The molecular weight excluding hydrogens is 254 g/mol. The van der Waals surface area contributed by atoms with E-state index in [1.54, 1.807) is 11.1 Å². The molecule has 0 spiro atoms. The van der Waals surface area contributed by atoms with Crippen molar-refractivity contribution in [2.24, 2.45) is 5.92 Å². The van der Waals surface area contributed by atoms with Gasteiger partial charge in [0.25, 0.3) is 0 Å². The average molecular weight is 281 g/mol. The van der Waals surface area contributed by atoms with Gasteiger partial charge >= 0.3 is 0 Å². The second kappa shape index (κ2) is 6.19. The van der Waals surface area contributed by atoms with Crippen LogP contribution in [0.15, 0.2) is 30.3 Å². The monoisotopic (exact) mass is 281 g/mol. The third-order valence-electron chi connectivity index (χ3n) is 4.94. The molecule has 0 heterocycles. The first-order valence-corrected chi connectivity index (χ1v) is 8.45. The number of benzene rings is 2. The van der Waals surface area contributed by atoms with Crippen LogP contribution in [-0.4, -0.2) is 6.54 Å². The fourth-order valence-electron chi connectivity index (χ4n) is 3.78. The molecule has 0 amide bonds. The van der Waals surface area contributed by atoms with Gasteiger partial charge in [-0.2, -0.15) is 0 Å². The predicted octanol–water partition coefficient (Wildman–Crippen LogP) is 5.16. The van der Waals surface area contributed by atoms with Crippen LogP contribution in [0.1, 0.15) is 55.8 Å². The van der Waals surface area contributed by atoms with Crippen LogP contribution < -0.4 is 5.32 Å². The summed E-state index contributed by atoms with van der Waals surface area (Å²) < 4.78 is 0. The quantitative estimate of drug-likeness (QED) is 0.766. The lowest BCUT2D eigenvalue weighted by atomic mass is 9.90. The minimum absolute atomic E-state index is 0.528. The average Bonchev–Trinajstić information content (AvgIpc) is 2.65. The maximum Gasteiger partial charge on any atom is 0.0325 e. The lowest BCUT2D eigenvalue weighted by molar-refractivity contribution is 0.409. The molecule has 2 aromatic carbocycles. The Kier molecular flexibility index (Phi) is 4.30. The highest BCUT2D eigenvalue weighted by Gasteiger charge is 2.23. The molecule has 1 N–H and O–H groups in total. The standard InChI is InChI=1S/C20H27N/c1-4-11-21-20-12-14(2)9-10-18-17-8-6-5-7-16(17)15(3)13-19(18)20/h5-8,13-14,20-21H,4,9-12H2,1-3H3. The Morgan fingerprint density at radius 3 is 2.71 bits per heavy atom. The van der Waals surface area contributed by atoms with Crippen molar-refractivity contribution in [1.82, 2.24) is 5.32 Å². The zero-order valence-corrected chi connectivity index (χ0v) is 13.6. The van der Waals surface area contributed by atoms with Gasteiger partial charge in [-0.15, -0.1) is 0 Å².